The van der Waals surface area contributed by atoms with Gasteiger partial charge in [0.2, 0.25) is 5.91 Å². The van der Waals surface area contributed by atoms with Crippen molar-refractivity contribution in [2.45, 2.75) is 20.3 Å². The number of morpholine rings is 1. The summed E-state index contributed by atoms with van der Waals surface area (Å²) in [4.78, 5) is 36.1. The summed E-state index contributed by atoms with van der Waals surface area (Å²) in [6.07, 6.45) is 3.36. The van der Waals surface area contributed by atoms with E-state index < -0.39 is 0 Å². The Bertz CT molecular complexity index is 512. The molecule has 120 valence electrons. The highest BCUT2D eigenvalue weighted by Gasteiger charge is 2.20. The Morgan fingerprint density at radius 1 is 1.27 bits per heavy atom. The normalized spacial score (nSPS) is 14.7. The Balaban J connectivity index is 1.89. The van der Waals surface area contributed by atoms with E-state index in [9.17, 15) is 9.59 Å². The number of hydrogen-bond donors (Lipinski definition) is 0. The summed E-state index contributed by atoms with van der Waals surface area (Å²) >= 11 is 0. The van der Waals surface area contributed by atoms with Crippen LogP contribution in [-0.2, 0) is 9.53 Å². The number of carbonyl (C=O) groups excluding carboxylic acids is 2. The first-order valence-electron chi connectivity index (χ1n) is 7.55. The highest BCUT2D eigenvalue weighted by Crippen LogP contribution is 2.05. The number of aryl methyl sites for hydroxylation is 1. The van der Waals surface area contributed by atoms with Crippen LogP contribution in [0.1, 0.15) is 29.5 Å². The minimum Gasteiger partial charge on any atom is -0.378 e. The zero-order valence-corrected chi connectivity index (χ0v) is 13.1. The molecule has 7 nitrogen and oxygen atoms in total. The molecule has 0 N–H and O–H groups in total. The van der Waals surface area contributed by atoms with Gasteiger partial charge in [0, 0.05) is 38.8 Å². The molecule has 2 rings (SSSR count). The molecule has 0 bridgehead atoms. The van der Waals surface area contributed by atoms with Gasteiger partial charge in [-0.15, -0.1) is 0 Å². The summed E-state index contributed by atoms with van der Waals surface area (Å²) in [5, 5.41) is 0. The number of nitrogens with zero attached hydrogens (tertiary/aromatic N) is 4. The van der Waals surface area contributed by atoms with Gasteiger partial charge in [0.05, 0.1) is 25.1 Å². The number of rotatable bonds is 5. The van der Waals surface area contributed by atoms with Gasteiger partial charge in [0.1, 0.15) is 5.69 Å². The van der Waals surface area contributed by atoms with Crippen LogP contribution < -0.4 is 0 Å². The number of amides is 2. The van der Waals surface area contributed by atoms with Crippen LogP contribution in [-0.4, -0.2) is 71.0 Å². The van der Waals surface area contributed by atoms with E-state index in [1.807, 2.05) is 13.8 Å². The average Bonchev–Trinajstić information content (AvgIpc) is 2.56. The summed E-state index contributed by atoms with van der Waals surface area (Å²) in [7, 11) is 0. The van der Waals surface area contributed by atoms with Gasteiger partial charge in [-0.3, -0.25) is 14.6 Å². The minimum atomic E-state index is -0.190. The molecule has 0 aromatic carbocycles. The van der Waals surface area contributed by atoms with Crippen LogP contribution in [0.4, 0.5) is 0 Å². The molecule has 0 radical (unpaired) electrons. The fraction of sp³-hybridized carbons (Fsp3) is 0.600. The molecule has 0 saturated carbocycles. The van der Waals surface area contributed by atoms with Crippen molar-refractivity contribution >= 4 is 11.8 Å². The summed E-state index contributed by atoms with van der Waals surface area (Å²) in [6.45, 7) is 7.05. The van der Waals surface area contributed by atoms with Crippen molar-refractivity contribution in [2.75, 3.05) is 39.4 Å². The van der Waals surface area contributed by atoms with Crippen molar-refractivity contribution < 1.29 is 14.3 Å². The third-order valence-corrected chi connectivity index (χ3v) is 3.63. The van der Waals surface area contributed by atoms with Gasteiger partial charge >= 0.3 is 0 Å². The summed E-state index contributed by atoms with van der Waals surface area (Å²) in [6, 6.07) is 0. The van der Waals surface area contributed by atoms with Crippen LogP contribution in [0.5, 0.6) is 0 Å². The lowest BCUT2D eigenvalue weighted by molar-refractivity contribution is -0.135. The fourth-order valence-corrected chi connectivity index (χ4v) is 2.27. The van der Waals surface area contributed by atoms with Gasteiger partial charge in [-0.2, -0.15) is 0 Å². The first-order valence-corrected chi connectivity index (χ1v) is 7.55. The maximum Gasteiger partial charge on any atom is 0.274 e. The lowest BCUT2D eigenvalue weighted by Gasteiger charge is -2.28. The monoisotopic (exact) mass is 306 g/mol. The molecule has 1 aliphatic heterocycles. The second-order valence-corrected chi connectivity index (χ2v) is 5.17. The van der Waals surface area contributed by atoms with Crippen LogP contribution in [0.2, 0.25) is 0 Å². The van der Waals surface area contributed by atoms with Crippen molar-refractivity contribution in [1.29, 1.82) is 0 Å². The van der Waals surface area contributed by atoms with Crippen molar-refractivity contribution in [1.82, 2.24) is 19.8 Å². The molecule has 0 unspecified atom stereocenters. The van der Waals surface area contributed by atoms with E-state index in [1.165, 1.54) is 6.20 Å². The predicted molar refractivity (Wildman–Crippen MR) is 80.4 cm³/mol. The van der Waals surface area contributed by atoms with E-state index in [1.54, 1.807) is 16.0 Å². The molecular weight excluding hydrogens is 284 g/mol. The van der Waals surface area contributed by atoms with E-state index in [4.69, 9.17) is 4.74 Å². The first-order chi connectivity index (χ1) is 10.6. The van der Waals surface area contributed by atoms with Gasteiger partial charge in [-0.1, -0.05) is 0 Å². The Morgan fingerprint density at radius 3 is 2.59 bits per heavy atom. The predicted octanol–water partition coefficient (Wildman–Crippen LogP) is 0.496. The number of aromatic nitrogens is 2. The van der Waals surface area contributed by atoms with Crippen LogP contribution in [0, 0.1) is 6.92 Å². The molecule has 0 aliphatic carbocycles. The van der Waals surface area contributed by atoms with Crippen LogP contribution in [0.3, 0.4) is 0 Å². The van der Waals surface area contributed by atoms with E-state index in [2.05, 4.69) is 9.97 Å². The molecule has 1 aliphatic rings. The molecule has 7 heteroatoms. The zero-order valence-electron chi connectivity index (χ0n) is 13.1. The van der Waals surface area contributed by atoms with Crippen LogP contribution in [0.25, 0.3) is 0 Å². The van der Waals surface area contributed by atoms with Gasteiger partial charge < -0.3 is 14.5 Å². The highest BCUT2D eigenvalue weighted by atomic mass is 16.5. The summed E-state index contributed by atoms with van der Waals surface area (Å²) < 4.78 is 5.23. The average molecular weight is 306 g/mol. The lowest BCUT2D eigenvalue weighted by atomic mass is 10.3. The third-order valence-electron chi connectivity index (χ3n) is 3.63. The Hall–Kier alpha value is -2.02. The topological polar surface area (TPSA) is 75.6 Å². The zero-order chi connectivity index (χ0) is 15.9. The lowest BCUT2D eigenvalue weighted by Crippen LogP contribution is -2.42. The molecule has 0 spiro atoms. The summed E-state index contributed by atoms with van der Waals surface area (Å²) in [5.74, 6) is -0.130. The smallest absolute Gasteiger partial charge is 0.274 e. The van der Waals surface area contributed by atoms with Gasteiger partial charge in [-0.05, 0) is 13.8 Å². The molecule has 1 fully saturated rings. The van der Waals surface area contributed by atoms with Crippen molar-refractivity contribution in [3.8, 4) is 0 Å². The van der Waals surface area contributed by atoms with Crippen LogP contribution in [0.15, 0.2) is 12.4 Å². The fourth-order valence-electron chi connectivity index (χ4n) is 2.27. The van der Waals surface area contributed by atoms with Crippen molar-refractivity contribution in [2.24, 2.45) is 0 Å². The molecular formula is C15H22N4O3. The maximum absolute atomic E-state index is 12.4. The third kappa shape index (κ3) is 4.24. The van der Waals surface area contributed by atoms with Crippen molar-refractivity contribution in [3.63, 3.8) is 0 Å². The molecule has 2 heterocycles. The standard InChI is InChI=1S/C15H22N4O3/c1-3-18(15(21)13-11-16-12(2)10-17-13)5-4-14(20)19-6-8-22-9-7-19/h10-11H,3-9H2,1-2H3. The first kappa shape index (κ1) is 16.4. The van der Waals surface area contributed by atoms with Crippen molar-refractivity contribution in [3.05, 3.63) is 23.8 Å². The van der Waals surface area contributed by atoms with E-state index in [-0.39, 0.29) is 11.8 Å². The molecule has 1 aromatic heterocycles. The van der Waals surface area contributed by atoms with Crippen LogP contribution >= 0.6 is 0 Å². The minimum absolute atomic E-state index is 0.0598. The van der Waals surface area contributed by atoms with E-state index >= 15 is 0 Å². The summed E-state index contributed by atoms with van der Waals surface area (Å²) in [5.41, 5.74) is 1.08. The maximum atomic E-state index is 12.4. The molecule has 0 atom stereocenters. The van der Waals surface area contributed by atoms with Gasteiger partial charge in [0.15, 0.2) is 0 Å². The number of hydrogen-bond acceptors (Lipinski definition) is 5. The molecule has 22 heavy (non-hydrogen) atoms. The molecule has 2 amide bonds. The Morgan fingerprint density at radius 2 is 2.00 bits per heavy atom. The van der Waals surface area contributed by atoms with E-state index in [0.29, 0.717) is 51.5 Å². The van der Waals surface area contributed by atoms with E-state index in [0.717, 1.165) is 5.69 Å². The van der Waals surface area contributed by atoms with Gasteiger partial charge in [-0.25, -0.2) is 4.98 Å². The quantitative estimate of drug-likeness (QED) is 0.791. The number of carbonyl (C=O) groups is 2. The Labute approximate surface area is 130 Å². The highest BCUT2D eigenvalue weighted by molar-refractivity contribution is 5.92. The Kier molecular flexibility index (Phi) is 5.83. The molecule has 1 aromatic rings. The largest absolute Gasteiger partial charge is 0.378 e. The second-order valence-electron chi connectivity index (χ2n) is 5.17. The van der Waals surface area contributed by atoms with Gasteiger partial charge in [0.25, 0.3) is 5.91 Å². The SMILES string of the molecule is CCN(CCC(=O)N1CCOCC1)C(=O)c1cnc(C)cn1. The number of ether oxygens (including phenoxy) is 1. The molecule has 1 saturated heterocycles. The second kappa shape index (κ2) is 7.84.